The van der Waals surface area contributed by atoms with Gasteiger partial charge in [0.2, 0.25) is 15.9 Å². The molecule has 1 amide bonds. The van der Waals surface area contributed by atoms with Crippen LogP contribution in [0.15, 0.2) is 42.5 Å². The summed E-state index contributed by atoms with van der Waals surface area (Å²) in [4.78, 5) is 13.5. The van der Waals surface area contributed by atoms with Gasteiger partial charge in [0.25, 0.3) is 5.92 Å². The molecule has 4 rings (SSSR count). The van der Waals surface area contributed by atoms with E-state index in [0.717, 1.165) is 23.3 Å². The Labute approximate surface area is 181 Å². The molecule has 1 saturated heterocycles. The first-order valence-corrected chi connectivity index (χ1v) is 11.6. The van der Waals surface area contributed by atoms with Gasteiger partial charge in [0.1, 0.15) is 23.3 Å². The van der Waals surface area contributed by atoms with Crippen LogP contribution in [-0.2, 0) is 20.5 Å². The van der Waals surface area contributed by atoms with E-state index in [2.05, 4.69) is 0 Å². The molecule has 2 fully saturated rings. The lowest BCUT2D eigenvalue weighted by atomic mass is 9.93. The quantitative estimate of drug-likeness (QED) is 0.677. The first kappa shape index (κ1) is 22.7. The first-order valence-electron chi connectivity index (χ1n) is 9.70. The van der Waals surface area contributed by atoms with Crippen molar-refractivity contribution >= 4 is 15.9 Å². The molecule has 0 bridgehead atoms. The number of sulfonamides is 1. The maximum absolute atomic E-state index is 15.8. The van der Waals surface area contributed by atoms with Gasteiger partial charge in [0.05, 0.1) is 24.3 Å². The fourth-order valence-corrected chi connectivity index (χ4v) is 4.95. The number of hydrogen-bond acceptors (Lipinski definition) is 3. The molecular weight excluding hydrogens is 455 g/mol. The highest BCUT2D eigenvalue weighted by Gasteiger charge is 2.64. The van der Waals surface area contributed by atoms with E-state index < -0.39 is 69.8 Å². The summed E-state index contributed by atoms with van der Waals surface area (Å²) in [6, 6.07) is 6.95. The number of rotatable bonds is 5. The van der Waals surface area contributed by atoms with Crippen LogP contribution in [0.25, 0.3) is 11.1 Å². The third-order valence-electron chi connectivity index (χ3n) is 5.78. The van der Waals surface area contributed by atoms with Crippen molar-refractivity contribution in [3.63, 3.8) is 0 Å². The molecule has 3 atom stereocenters. The van der Waals surface area contributed by atoms with Gasteiger partial charge in [0, 0.05) is 13.0 Å². The summed E-state index contributed by atoms with van der Waals surface area (Å²) in [7, 11) is -3.96. The molecule has 5 nitrogen and oxygen atoms in total. The number of carbonyl (C=O) groups excluding carboxylic acids is 1. The van der Waals surface area contributed by atoms with E-state index in [-0.39, 0.29) is 17.5 Å². The van der Waals surface area contributed by atoms with Gasteiger partial charge < -0.3 is 4.90 Å². The highest BCUT2D eigenvalue weighted by molar-refractivity contribution is 7.88. The largest absolute Gasteiger partial charge is 0.334 e. The number of alkyl halides is 3. The molecular formula is C21H19F5N2O3S. The monoisotopic (exact) mass is 474 g/mol. The van der Waals surface area contributed by atoms with Crippen molar-refractivity contribution in [1.82, 2.24) is 9.62 Å². The van der Waals surface area contributed by atoms with Crippen LogP contribution >= 0.6 is 0 Å². The van der Waals surface area contributed by atoms with Gasteiger partial charge in [-0.1, -0.05) is 30.3 Å². The highest BCUT2D eigenvalue weighted by Crippen LogP contribution is 2.59. The molecule has 0 radical (unpaired) electrons. The number of likely N-dealkylation sites (tertiary alicyclic amines) is 1. The van der Waals surface area contributed by atoms with Crippen molar-refractivity contribution in [2.45, 2.75) is 24.1 Å². The zero-order valence-corrected chi connectivity index (χ0v) is 17.6. The minimum Gasteiger partial charge on any atom is -0.334 e. The molecule has 0 unspecified atom stereocenters. The molecule has 1 heterocycles. The number of amides is 1. The summed E-state index contributed by atoms with van der Waals surface area (Å²) in [5, 5.41) is 0. The zero-order valence-electron chi connectivity index (χ0n) is 16.8. The predicted octanol–water partition coefficient (Wildman–Crippen LogP) is 3.21. The van der Waals surface area contributed by atoms with Gasteiger partial charge in [0.15, 0.2) is 0 Å². The van der Waals surface area contributed by atoms with E-state index >= 15 is 4.39 Å². The van der Waals surface area contributed by atoms with Gasteiger partial charge in [-0.25, -0.2) is 35.1 Å². The molecule has 2 aromatic rings. The van der Waals surface area contributed by atoms with Gasteiger partial charge >= 0.3 is 0 Å². The van der Waals surface area contributed by atoms with Crippen LogP contribution in [0.5, 0.6) is 0 Å². The number of halogens is 5. The second kappa shape index (κ2) is 7.51. The minimum atomic E-state index is -3.96. The molecule has 1 saturated carbocycles. The second-order valence-corrected chi connectivity index (χ2v) is 9.96. The summed E-state index contributed by atoms with van der Waals surface area (Å²) in [5.74, 6) is -7.57. The van der Waals surface area contributed by atoms with Crippen LogP contribution in [0, 0.1) is 17.6 Å². The Morgan fingerprint density at radius 2 is 1.69 bits per heavy atom. The Bertz CT molecular complexity index is 1170. The van der Waals surface area contributed by atoms with E-state index in [9.17, 15) is 30.8 Å². The predicted molar refractivity (Wildman–Crippen MR) is 106 cm³/mol. The van der Waals surface area contributed by atoms with Gasteiger partial charge in [-0.2, -0.15) is 0 Å². The third-order valence-corrected chi connectivity index (χ3v) is 6.49. The molecule has 2 aromatic carbocycles. The number of hydrogen-bond donors (Lipinski definition) is 1. The topological polar surface area (TPSA) is 66.5 Å². The normalized spacial score (nSPS) is 26.9. The average Bonchev–Trinajstić information content (AvgIpc) is 3.29. The smallest absolute Gasteiger partial charge is 0.283 e. The van der Waals surface area contributed by atoms with Gasteiger partial charge in [-0.05, 0) is 23.3 Å². The van der Waals surface area contributed by atoms with Crippen LogP contribution in [0.2, 0.25) is 0 Å². The van der Waals surface area contributed by atoms with Crippen LogP contribution in [-0.4, -0.2) is 50.5 Å². The van der Waals surface area contributed by atoms with Crippen LogP contribution < -0.4 is 4.72 Å². The van der Waals surface area contributed by atoms with E-state index in [1.165, 1.54) is 30.3 Å². The lowest BCUT2D eigenvalue weighted by Crippen LogP contribution is -2.46. The van der Waals surface area contributed by atoms with Gasteiger partial charge in [-0.15, -0.1) is 0 Å². The Morgan fingerprint density at radius 1 is 1.06 bits per heavy atom. The lowest BCUT2D eigenvalue weighted by molar-refractivity contribution is -0.134. The molecule has 1 aliphatic heterocycles. The third kappa shape index (κ3) is 3.99. The van der Waals surface area contributed by atoms with Crippen molar-refractivity contribution in [1.29, 1.82) is 0 Å². The van der Waals surface area contributed by atoms with E-state index in [1.54, 1.807) is 4.72 Å². The van der Waals surface area contributed by atoms with E-state index in [1.807, 2.05) is 0 Å². The number of carbonyl (C=O) groups is 1. The maximum Gasteiger partial charge on any atom is 0.283 e. The molecule has 0 aromatic heterocycles. The molecule has 32 heavy (non-hydrogen) atoms. The first-order chi connectivity index (χ1) is 14.8. The van der Waals surface area contributed by atoms with Crippen molar-refractivity contribution in [2.24, 2.45) is 5.92 Å². The maximum atomic E-state index is 15.8. The molecule has 0 spiro atoms. The molecule has 172 valence electrons. The average molecular weight is 474 g/mol. The minimum absolute atomic E-state index is 0.0655. The van der Waals surface area contributed by atoms with Crippen LogP contribution in [0.3, 0.4) is 0 Å². The Balaban J connectivity index is 1.60. The second-order valence-electron chi connectivity index (χ2n) is 8.18. The SMILES string of the molecule is CS(=O)(=O)N[C@H]1CN(C(=O)[C@@H]2C[C@@]2(F)c2ccccc2-c2c(F)cccc2F)CC1(F)F. The van der Waals surface area contributed by atoms with E-state index in [0.29, 0.717) is 0 Å². The van der Waals surface area contributed by atoms with E-state index in [4.69, 9.17) is 0 Å². The number of benzene rings is 2. The summed E-state index contributed by atoms with van der Waals surface area (Å²) >= 11 is 0. The standard InChI is InChI=1S/C21H19F5N2O3S/c1-32(30,31)27-17-10-28(11-21(17,25)26)19(29)14-9-20(14,24)13-6-3-2-5-12(13)18-15(22)7-4-8-16(18)23/h2-8,14,17,27H,9-11H2,1H3/t14-,17-,20+/m0/s1. The van der Waals surface area contributed by atoms with Gasteiger partial charge in [-0.3, -0.25) is 4.79 Å². The molecule has 1 N–H and O–H groups in total. The van der Waals surface area contributed by atoms with Crippen molar-refractivity contribution in [3.8, 4) is 11.1 Å². The summed E-state index contributed by atoms with van der Waals surface area (Å²) in [5.41, 5.74) is -2.91. The number of nitrogens with zero attached hydrogens (tertiary/aromatic N) is 1. The zero-order chi connectivity index (χ0) is 23.5. The van der Waals surface area contributed by atoms with Crippen LogP contribution in [0.1, 0.15) is 12.0 Å². The van der Waals surface area contributed by atoms with Crippen molar-refractivity contribution < 1.29 is 35.2 Å². The fourth-order valence-electron chi connectivity index (χ4n) is 4.19. The van der Waals surface area contributed by atoms with Crippen LogP contribution in [0.4, 0.5) is 22.0 Å². The number of nitrogens with one attached hydrogen (secondary N) is 1. The fraction of sp³-hybridized carbons (Fsp3) is 0.381. The Morgan fingerprint density at radius 3 is 2.31 bits per heavy atom. The molecule has 1 aliphatic carbocycles. The lowest BCUT2D eigenvalue weighted by Gasteiger charge is -2.19. The molecule has 2 aliphatic rings. The summed E-state index contributed by atoms with van der Waals surface area (Å²) in [6.45, 7) is -1.68. The summed E-state index contributed by atoms with van der Waals surface area (Å²) in [6.07, 6.45) is 0.380. The Kier molecular flexibility index (Phi) is 5.32. The Hall–Kier alpha value is -2.53. The highest BCUT2D eigenvalue weighted by atomic mass is 32.2. The van der Waals surface area contributed by atoms with Crippen molar-refractivity contribution in [3.05, 3.63) is 59.7 Å². The summed E-state index contributed by atoms with van der Waals surface area (Å²) < 4.78 is 97.3. The van der Waals surface area contributed by atoms with Crippen molar-refractivity contribution in [2.75, 3.05) is 19.3 Å². The molecule has 11 heteroatoms.